The lowest BCUT2D eigenvalue weighted by Crippen LogP contribution is -2.47. The monoisotopic (exact) mass is 573 g/mol. The number of nitrogens with zero attached hydrogens (tertiary/aromatic N) is 5. The van der Waals surface area contributed by atoms with Crippen molar-refractivity contribution in [2.45, 2.75) is 62.6 Å². The number of aromatic nitrogens is 3. The summed E-state index contributed by atoms with van der Waals surface area (Å²) in [4.78, 5) is 2.98. The summed E-state index contributed by atoms with van der Waals surface area (Å²) in [7, 11) is 0. The third-order valence-corrected chi connectivity index (χ3v) is 8.31. The summed E-state index contributed by atoms with van der Waals surface area (Å²) in [6.07, 6.45) is -8.27. The molecule has 1 saturated heterocycles. The van der Waals surface area contributed by atoms with Crippen LogP contribution in [-0.2, 0) is 19.3 Å². The molecule has 208 valence electrons. The normalized spacial score (nSPS) is 19.9. The van der Waals surface area contributed by atoms with Crippen molar-refractivity contribution in [1.82, 2.24) is 19.7 Å². The van der Waals surface area contributed by atoms with Crippen LogP contribution in [0.4, 0.5) is 36.4 Å². The number of alkyl halides is 6. The van der Waals surface area contributed by atoms with E-state index in [1.165, 1.54) is 17.0 Å². The van der Waals surface area contributed by atoms with Crippen molar-refractivity contribution in [2.75, 3.05) is 18.0 Å². The summed E-state index contributed by atoms with van der Waals surface area (Å²) in [6, 6.07) is 8.31. The highest BCUT2D eigenvalue weighted by Crippen LogP contribution is 2.55. The molecule has 1 aromatic heterocycles. The summed E-state index contributed by atoms with van der Waals surface area (Å²) in [5, 5.41) is 9.07. The fourth-order valence-corrected chi connectivity index (χ4v) is 6.05. The zero-order valence-electron chi connectivity index (χ0n) is 20.5. The van der Waals surface area contributed by atoms with Gasteiger partial charge in [-0.05, 0) is 61.6 Å². The molecule has 0 bridgehead atoms. The van der Waals surface area contributed by atoms with E-state index in [2.05, 4.69) is 10.2 Å². The second kappa shape index (κ2) is 9.09. The first kappa shape index (κ1) is 26.4. The number of fused-ring (bicyclic) bond motifs is 3. The number of anilines is 1. The summed E-state index contributed by atoms with van der Waals surface area (Å²) in [6.45, 7) is 0.558. The number of piperidine rings is 1. The maximum atomic E-state index is 14.7. The topological polar surface area (TPSA) is 37.2 Å². The van der Waals surface area contributed by atoms with Gasteiger partial charge >= 0.3 is 12.4 Å². The summed E-state index contributed by atoms with van der Waals surface area (Å²) < 4.78 is 98.2. The highest BCUT2D eigenvalue weighted by atomic mass is 35.5. The molecule has 3 aromatic rings. The van der Waals surface area contributed by atoms with Gasteiger partial charge in [-0.3, -0.25) is 9.47 Å². The molecular formula is C26H23ClF7N5. The fraction of sp³-hybridized carbons (Fsp3) is 0.462. The van der Waals surface area contributed by atoms with E-state index in [1.807, 2.05) is 0 Å². The van der Waals surface area contributed by atoms with Crippen molar-refractivity contribution >= 4 is 17.3 Å². The van der Waals surface area contributed by atoms with Crippen LogP contribution in [-0.4, -0.2) is 44.5 Å². The van der Waals surface area contributed by atoms with Crippen LogP contribution in [0.5, 0.6) is 0 Å². The number of halogens is 8. The molecular weight excluding hydrogens is 551 g/mol. The van der Waals surface area contributed by atoms with Crippen LogP contribution in [0.3, 0.4) is 0 Å². The lowest BCUT2D eigenvalue weighted by Gasteiger charge is -2.34. The first-order chi connectivity index (χ1) is 18.4. The summed E-state index contributed by atoms with van der Waals surface area (Å²) >= 11 is 6.23. The molecule has 2 aliphatic heterocycles. The van der Waals surface area contributed by atoms with E-state index < -0.39 is 29.3 Å². The fourth-order valence-electron chi connectivity index (χ4n) is 5.85. The smallest absolute Gasteiger partial charge is 0.369 e. The molecule has 0 radical (unpaired) electrons. The van der Waals surface area contributed by atoms with Crippen LogP contribution < -0.4 is 4.90 Å². The van der Waals surface area contributed by atoms with Crippen LogP contribution in [0.15, 0.2) is 36.4 Å². The van der Waals surface area contributed by atoms with E-state index >= 15 is 0 Å². The molecule has 5 nitrogen and oxygen atoms in total. The van der Waals surface area contributed by atoms with Crippen molar-refractivity contribution in [3.8, 4) is 5.69 Å². The van der Waals surface area contributed by atoms with E-state index in [9.17, 15) is 30.7 Å². The highest BCUT2D eigenvalue weighted by molar-refractivity contribution is 6.30. The molecule has 39 heavy (non-hydrogen) atoms. The molecule has 0 N–H and O–H groups in total. The maximum Gasteiger partial charge on any atom is 0.419 e. The first-order valence-electron chi connectivity index (χ1n) is 12.5. The largest absolute Gasteiger partial charge is 0.419 e. The molecule has 1 saturated carbocycles. The Kier molecular flexibility index (Phi) is 6.14. The molecule has 0 unspecified atom stereocenters. The molecule has 0 spiro atoms. The Hall–Kier alpha value is -2.86. The van der Waals surface area contributed by atoms with Gasteiger partial charge < -0.3 is 4.90 Å². The van der Waals surface area contributed by atoms with Gasteiger partial charge in [0.05, 0.1) is 23.5 Å². The van der Waals surface area contributed by atoms with E-state index in [0.29, 0.717) is 46.8 Å². The van der Waals surface area contributed by atoms with Gasteiger partial charge in [0.25, 0.3) is 0 Å². The average molecular weight is 574 g/mol. The second-order valence-corrected chi connectivity index (χ2v) is 10.8. The maximum absolute atomic E-state index is 14.7. The van der Waals surface area contributed by atoms with Crippen molar-refractivity contribution in [2.24, 2.45) is 0 Å². The van der Waals surface area contributed by atoms with Gasteiger partial charge in [-0.2, -0.15) is 26.3 Å². The third-order valence-electron chi connectivity index (χ3n) is 8.07. The lowest BCUT2D eigenvalue weighted by atomic mass is 9.95. The zero-order valence-corrected chi connectivity index (χ0v) is 21.2. The van der Waals surface area contributed by atoms with Crippen LogP contribution in [0.1, 0.15) is 54.4 Å². The van der Waals surface area contributed by atoms with Crippen molar-refractivity contribution in [1.29, 1.82) is 0 Å². The van der Waals surface area contributed by atoms with Crippen LogP contribution in [0.2, 0.25) is 5.02 Å². The number of hydrogen-bond acceptors (Lipinski definition) is 4. The van der Waals surface area contributed by atoms with Gasteiger partial charge in [0.1, 0.15) is 11.4 Å². The minimum atomic E-state index is -4.80. The van der Waals surface area contributed by atoms with E-state index in [1.54, 1.807) is 27.7 Å². The minimum Gasteiger partial charge on any atom is -0.369 e. The minimum absolute atomic E-state index is 0.0119. The molecule has 0 atom stereocenters. The Labute approximate surface area is 224 Å². The third kappa shape index (κ3) is 4.45. The molecule has 13 heteroatoms. The SMILES string of the molecule is Fc1c(N2CCC(c3nnc4n3-c3ccc(Cl)cc3CN(C3(C(F)(F)F)CC3)C4)CC2)cccc1C(F)(F)F. The molecule has 6 rings (SSSR count). The van der Waals surface area contributed by atoms with E-state index in [-0.39, 0.29) is 50.6 Å². The van der Waals surface area contributed by atoms with Crippen molar-refractivity contribution < 1.29 is 30.7 Å². The predicted molar refractivity (Wildman–Crippen MR) is 129 cm³/mol. The molecule has 3 heterocycles. The standard InChI is InChI=1S/C26H23ClF7N5/c27-17-4-5-19-16(12-17)13-38(24(8-9-24)26(32,33)34)14-21-35-36-23(39(19)21)15-6-10-37(11-7-15)20-3-1-2-18(22(20)28)25(29,30)31/h1-5,12,15H,6-11,13-14H2. The van der Waals surface area contributed by atoms with E-state index in [0.717, 1.165) is 0 Å². The molecule has 2 fully saturated rings. The average Bonchev–Trinajstić information content (AvgIpc) is 3.62. The molecule has 1 aliphatic carbocycles. The van der Waals surface area contributed by atoms with Crippen molar-refractivity contribution in [3.63, 3.8) is 0 Å². The summed E-state index contributed by atoms with van der Waals surface area (Å²) in [5.74, 6) is -0.530. The Morgan fingerprint density at radius 1 is 0.897 bits per heavy atom. The Bertz CT molecular complexity index is 1400. The van der Waals surface area contributed by atoms with Crippen LogP contribution >= 0.6 is 11.6 Å². The molecule has 3 aliphatic rings. The van der Waals surface area contributed by atoms with Crippen LogP contribution in [0, 0.1) is 5.82 Å². The van der Waals surface area contributed by atoms with Crippen LogP contribution in [0.25, 0.3) is 5.69 Å². The van der Waals surface area contributed by atoms with E-state index in [4.69, 9.17) is 11.6 Å². The second-order valence-electron chi connectivity index (χ2n) is 10.4. The zero-order chi connectivity index (χ0) is 27.7. The first-order valence-corrected chi connectivity index (χ1v) is 12.9. The molecule has 2 aromatic carbocycles. The Morgan fingerprint density at radius 3 is 2.26 bits per heavy atom. The lowest BCUT2D eigenvalue weighted by molar-refractivity contribution is -0.200. The number of rotatable bonds is 3. The van der Waals surface area contributed by atoms with Gasteiger partial charge in [-0.25, -0.2) is 4.39 Å². The van der Waals surface area contributed by atoms with Crippen molar-refractivity contribution in [3.05, 3.63) is 70.0 Å². The van der Waals surface area contributed by atoms with Gasteiger partial charge in [-0.1, -0.05) is 17.7 Å². The Morgan fingerprint density at radius 2 is 1.62 bits per heavy atom. The summed E-state index contributed by atoms with van der Waals surface area (Å²) in [5.41, 5.74) is -2.05. The quantitative estimate of drug-likeness (QED) is 0.320. The van der Waals surface area contributed by atoms with Gasteiger partial charge in [0.2, 0.25) is 0 Å². The Balaban J connectivity index is 1.30. The number of hydrogen-bond donors (Lipinski definition) is 0. The highest BCUT2D eigenvalue weighted by Gasteiger charge is 2.66. The van der Waals surface area contributed by atoms with Gasteiger partial charge in [-0.15, -0.1) is 10.2 Å². The van der Waals surface area contributed by atoms with Gasteiger partial charge in [0.15, 0.2) is 11.6 Å². The predicted octanol–water partition coefficient (Wildman–Crippen LogP) is 6.87. The van der Waals surface area contributed by atoms with Gasteiger partial charge in [0, 0.05) is 30.6 Å². The number of benzene rings is 2. The molecule has 0 amide bonds.